The molecule has 3 fully saturated rings. The van der Waals surface area contributed by atoms with Gasteiger partial charge < -0.3 is 16.0 Å². The quantitative estimate of drug-likeness (QED) is 0.510. The van der Waals surface area contributed by atoms with Crippen LogP contribution in [0.3, 0.4) is 0 Å². The van der Waals surface area contributed by atoms with Gasteiger partial charge in [-0.1, -0.05) is 13.3 Å². The van der Waals surface area contributed by atoms with Crippen LogP contribution in [0, 0.1) is 11.8 Å². The molecule has 32 heavy (non-hydrogen) atoms. The van der Waals surface area contributed by atoms with Gasteiger partial charge >= 0.3 is 0 Å². The first-order chi connectivity index (χ1) is 15.4. The third-order valence-electron chi connectivity index (χ3n) is 6.80. The number of anilines is 1. The summed E-state index contributed by atoms with van der Waals surface area (Å²) < 4.78 is 0. The number of amides is 3. The second-order valence-corrected chi connectivity index (χ2v) is 8.88. The normalized spacial score (nSPS) is 30.6. The Morgan fingerprint density at radius 1 is 1.12 bits per heavy atom. The molecule has 1 aromatic rings. The minimum Gasteiger partial charge on any atom is -0.340 e. The zero-order chi connectivity index (χ0) is 22.8. The van der Waals surface area contributed by atoms with Crippen molar-refractivity contribution in [1.82, 2.24) is 20.9 Å². The van der Waals surface area contributed by atoms with Gasteiger partial charge in [-0.3, -0.25) is 29.4 Å². The smallest absolute Gasteiger partial charge is 0.229 e. The van der Waals surface area contributed by atoms with Crippen molar-refractivity contribution in [2.24, 2.45) is 11.8 Å². The molecule has 0 spiro atoms. The Bertz CT molecular complexity index is 902. The Labute approximate surface area is 187 Å². The average Bonchev–Trinajstić information content (AvgIpc) is 2.78. The fourth-order valence-electron chi connectivity index (χ4n) is 5.06. The largest absolute Gasteiger partial charge is 0.340 e. The summed E-state index contributed by atoms with van der Waals surface area (Å²) in [6.07, 6.45) is 3.28. The molecule has 3 saturated heterocycles. The number of hydrogen-bond donors (Lipinski definition) is 4. The molecule has 5 atom stereocenters. The predicted octanol–water partition coefficient (Wildman–Crippen LogP) is 1.17. The maximum absolute atomic E-state index is 13.1. The van der Waals surface area contributed by atoms with Crippen molar-refractivity contribution in [2.45, 2.75) is 64.4 Å². The van der Waals surface area contributed by atoms with E-state index in [1.165, 1.54) is 13.3 Å². The lowest BCUT2D eigenvalue weighted by atomic mass is 9.81. The van der Waals surface area contributed by atoms with Crippen molar-refractivity contribution < 1.29 is 19.2 Å². The summed E-state index contributed by atoms with van der Waals surface area (Å²) in [4.78, 5) is 52.3. The first-order valence-electron chi connectivity index (χ1n) is 11.4. The van der Waals surface area contributed by atoms with E-state index >= 15 is 0 Å². The highest BCUT2D eigenvalue weighted by Gasteiger charge is 2.49. The predicted molar refractivity (Wildman–Crippen MR) is 118 cm³/mol. The number of nitrogens with one attached hydrogen (secondary N) is 4. The van der Waals surface area contributed by atoms with Crippen molar-refractivity contribution >= 4 is 29.2 Å². The first-order valence-corrected chi connectivity index (χ1v) is 11.4. The summed E-state index contributed by atoms with van der Waals surface area (Å²) in [5.74, 6) is -2.43. The van der Waals surface area contributed by atoms with Gasteiger partial charge in [0.15, 0.2) is 5.78 Å². The molecule has 3 aliphatic rings. The number of rotatable bonds is 5. The fraction of sp³-hybridized carbons (Fsp3) is 0.565. The van der Waals surface area contributed by atoms with Crippen LogP contribution in [-0.4, -0.2) is 53.4 Å². The van der Waals surface area contributed by atoms with Gasteiger partial charge in [0.25, 0.3) is 0 Å². The molecular formula is C23H31N5O4. The third kappa shape index (κ3) is 4.54. The number of likely N-dealkylation sites (tertiary alicyclic amines) is 1. The molecule has 9 nitrogen and oxygen atoms in total. The van der Waals surface area contributed by atoms with Crippen molar-refractivity contribution in [1.29, 1.82) is 0 Å². The van der Waals surface area contributed by atoms with E-state index in [1.807, 2.05) is 0 Å². The van der Waals surface area contributed by atoms with Gasteiger partial charge in [0.05, 0.1) is 18.0 Å². The second kappa shape index (κ2) is 9.38. The van der Waals surface area contributed by atoms with E-state index in [9.17, 15) is 19.2 Å². The zero-order valence-corrected chi connectivity index (χ0v) is 18.5. The standard InChI is InChI=1S/C23H31N5O4/c1-3-16-6-4-5-11-28(16)23-26-20-19(22(32)27-23)17(12-18(30)25-20)21(31)24-15-9-7-14(8-10-15)13(2)29/h7-10,16-17,19-20,23,26H,3-6,11-12H2,1-2H3,(H,24,31)(H,25,30)(H,27,32). The number of carbonyl (C=O) groups is 4. The molecular weight excluding hydrogens is 410 g/mol. The van der Waals surface area contributed by atoms with E-state index < -0.39 is 18.0 Å². The molecule has 1 aromatic carbocycles. The highest BCUT2D eigenvalue weighted by Crippen LogP contribution is 2.30. The van der Waals surface area contributed by atoms with Crippen LogP contribution >= 0.6 is 0 Å². The lowest BCUT2D eigenvalue weighted by Gasteiger charge is -2.49. The number of ketones is 1. The summed E-state index contributed by atoms with van der Waals surface area (Å²) in [5.41, 5.74) is 1.06. The SMILES string of the molecule is CCC1CCCCN1C1NC(=O)C2C(NC(=O)CC2C(=O)Nc2ccc(C(C)=O)cc2)N1. The Morgan fingerprint density at radius 3 is 2.56 bits per heavy atom. The lowest BCUT2D eigenvalue weighted by Crippen LogP contribution is -2.75. The molecule has 0 radical (unpaired) electrons. The van der Waals surface area contributed by atoms with Crippen molar-refractivity contribution in [3.8, 4) is 0 Å². The van der Waals surface area contributed by atoms with E-state index in [0.717, 1.165) is 25.8 Å². The van der Waals surface area contributed by atoms with Crippen molar-refractivity contribution in [2.75, 3.05) is 11.9 Å². The molecule has 172 valence electrons. The highest BCUT2D eigenvalue weighted by atomic mass is 16.2. The van der Waals surface area contributed by atoms with Crippen LogP contribution in [0.5, 0.6) is 0 Å². The zero-order valence-electron chi connectivity index (χ0n) is 18.5. The summed E-state index contributed by atoms with van der Waals surface area (Å²) in [6, 6.07) is 6.93. The van der Waals surface area contributed by atoms with Crippen LogP contribution in [0.25, 0.3) is 0 Å². The van der Waals surface area contributed by atoms with E-state index in [-0.39, 0.29) is 36.2 Å². The highest BCUT2D eigenvalue weighted by molar-refractivity contribution is 6.00. The maximum atomic E-state index is 13.1. The van der Waals surface area contributed by atoms with Gasteiger partial charge in [0.1, 0.15) is 6.29 Å². The molecule has 4 rings (SSSR count). The Kier molecular flexibility index (Phi) is 6.57. The number of fused-ring (bicyclic) bond motifs is 1. The second-order valence-electron chi connectivity index (χ2n) is 8.88. The summed E-state index contributed by atoms with van der Waals surface area (Å²) in [7, 11) is 0. The summed E-state index contributed by atoms with van der Waals surface area (Å²) in [5, 5.41) is 12.1. The van der Waals surface area contributed by atoms with Gasteiger partial charge in [0.2, 0.25) is 17.7 Å². The van der Waals surface area contributed by atoms with Crippen molar-refractivity contribution in [3.05, 3.63) is 29.8 Å². The van der Waals surface area contributed by atoms with Gasteiger partial charge in [0, 0.05) is 30.3 Å². The van der Waals surface area contributed by atoms with E-state index in [2.05, 4.69) is 33.1 Å². The minimum atomic E-state index is -0.794. The van der Waals surface area contributed by atoms with Crippen LogP contribution in [-0.2, 0) is 14.4 Å². The topological polar surface area (TPSA) is 120 Å². The summed E-state index contributed by atoms with van der Waals surface area (Å²) in [6.45, 7) is 4.49. The van der Waals surface area contributed by atoms with Gasteiger partial charge in [-0.05, 0) is 50.5 Å². The molecule has 0 saturated carbocycles. The minimum absolute atomic E-state index is 0.0560. The van der Waals surface area contributed by atoms with Gasteiger partial charge in [-0.15, -0.1) is 0 Å². The van der Waals surface area contributed by atoms with Gasteiger partial charge in [-0.2, -0.15) is 0 Å². The van der Waals surface area contributed by atoms with Gasteiger partial charge in [-0.25, -0.2) is 0 Å². The first kappa shape index (κ1) is 22.4. The number of benzene rings is 1. The van der Waals surface area contributed by atoms with E-state index in [4.69, 9.17) is 0 Å². The Hall–Kier alpha value is -2.78. The molecule has 9 heteroatoms. The molecule has 5 unspecified atom stereocenters. The van der Waals surface area contributed by atoms with Crippen LogP contribution in [0.2, 0.25) is 0 Å². The Morgan fingerprint density at radius 2 is 1.88 bits per heavy atom. The van der Waals surface area contributed by atoms with Crippen molar-refractivity contribution in [3.63, 3.8) is 0 Å². The molecule has 3 aliphatic heterocycles. The Balaban J connectivity index is 1.48. The van der Waals surface area contributed by atoms with Crippen LogP contribution in [0.4, 0.5) is 5.69 Å². The monoisotopic (exact) mass is 441 g/mol. The molecule has 4 N–H and O–H groups in total. The molecule has 0 aliphatic carbocycles. The van der Waals surface area contributed by atoms with E-state index in [1.54, 1.807) is 24.3 Å². The summed E-state index contributed by atoms with van der Waals surface area (Å²) >= 11 is 0. The van der Waals surface area contributed by atoms with Crippen LogP contribution < -0.4 is 21.3 Å². The maximum Gasteiger partial charge on any atom is 0.229 e. The molecule has 0 aromatic heterocycles. The number of hydrogen-bond acceptors (Lipinski definition) is 6. The molecule has 3 amide bonds. The molecule has 0 bridgehead atoms. The van der Waals surface area contributed by atoms with Crippen LogP contribution in [0.15, 0.2) is 24.3 Å². The molecule has 3 heterocycles. The number of nitrogens with zero attached hydrogens (tertiary/aromatic N) is 1. The fourth-order valence-corrected chi connectivity index (χ4v) is 5.06. The third-order valence-corrected chi connectivity index (χ3v) is 6.80. The number of carbonyl (C=O) groups excluding carboxylic acids is 4. The van der Waals surface area contributed by atoms with E-state index in [0.29, 0.717) is 17.3 Å². The average molecular weight is 442 g/mol. The number of piperidine rings is 2. The van der Waals surface area contributed by atoms with Crippen LogP contribution in [0.1, 0.15) is 56.3 Å². The number of Topliss-reactive ketones (excluding diaryl/α,β-unsaturated/α-hetero) is 1. The lowest BCUT2D eigenvalue weighted by molar-refractivity contribution is -0.148.